The molecule has 2 nitrogen and oxygen atoms in total. The first kappa shape index (κ1) is 11.1. The smallest absolute Gasteiger partial charge is 0.264 e. The number of benzene rings is 1. The van der Waals surface area contributed by atoms with E-state index >= 15 is 0 Å². The molecular weight excluding hydrogens is 190 g/mol. The van der Waals surface area contributed by atoms with E-state index in [1.54, 1.807) is 30.3 Å². The van der Waals surface area contributed by atoms with Gasteiger partial charge >= 0.3 is 0 Å². The zero-order chi connectivity index (χ0) is 10.6. The molecule has 0 radical (unpaired) electrons. The fraction of sp³-hybridized carbons (Fsp3) is 0.400. The highest BCUT2D eigenvalue weighted by molar-refractivity contribution is 5.17. The highest BCUT2D eigenvalue weighted by Crippen LogP contribution is 2.20. The highest BCUT2D eigenvalue weighted by atomic mass is 19.3. The second-order valence-corrected chi connectivity index (χ2v) is 3.06. The summed E-state index contributed by atoms with van der Waals surface area (Å²) in [5.41, 5.74) is 0.534. The van der Waals surface area contributed by atoms with Crippen LogP contribution in [0.25, 0.3) is 0 Å². The Labute approximate surface area is 80.8 Å². The first-order chi connectivity index (χ1) is 6.61. The molecule has 14 heavy (non-hydrogen) atoms. The molecule has 0 saturated heterocycles. The van der Waals surface area contributed by atoms with Gasteiger partial charge in [0, 0.05) is 6.42 Å². The van der Waals surface area contributed by atoms with E-state index in [-0.39, 0.29) is 6.42 Å². The van der Waals surface area contributed by atoms with E-state index in [1.807, 2.05) is 0 Å². The van der Waals surface area contributed by atoms with Crippen LogP contribution in [0.3, 0.4) is 0 Å². The monoisotopic (exact) mass is 202 g/mol. The van der Waals surface area contributed by atoms with Crippen molar-refractivity contribution in [3.05, 3.63) is 35.9 Å². The zero-order valence-corrected chi connectivity index (χ0v) is 7.48. The third-order valence-corrected chi connectivity index (χ3v) is 1.94. The van der Waals surface area contributed by atoms with Gasteiger partial charge in [0.1, 0.15) is 6.10 Å². The van der Waals surface area contributed by atoms with Crippen molar-refractivity contribution in [2.45, 2.75) is 25.1 Å². The summed E-state index contributed by atoms with van der Waals surface area (Å²) in [5.74, 6) is 0. The quantitative estimate of drug-likeness (QED) is 0.780. The van der Waals surface area contributed by atoms with Crippen LogP contribution in [0.15, 0.2) is 30.3 Å². The molecule has 2 atom stereocenters. The first-order valence-electron chi connectivity index (χ1n) is 4.30. The Bertz CT molecular complexity index is 264. The van der Waals surface area contributed by atoms with Crippen LogP contribution in [0.4, 0.5) is 8.78 Å². The van der Waals surface area contributed by atoms with Gasteiger partial charge < -0.3 is 10.2 Å². The second-order valence-electron chi connectivity index (χ2n) is 3.06. The van der Waals surface area contributed by atoms with Crippen molar-refractivity contribution in [1.29, 1.82) is 0 Å². The molecule has 0 spiro atoms. The Morgan fingerprint density at radius 1 is 1.07 bits per heavy atom. The average molecular weight is 202 g/mol. The van der Waals surface area contributed by atoms with Crippen molar-refractivity contribution in [3.8, 4) is 0 Å². The van der Waals surface area contributed by atoms with Gasteiger partial charge in [0.25, 0.3) is 6.43 Å². The molecule has 1 rings (SSSR count). The number of halogens is 2. The average Bonchev–Trinajstić information content (AvgIpc) is 2.19. The molecule has 0 aliphatic rings. The molecule has 0 amide bonds. The lowest BCUT2D eigenvalue weighted by atomic mass is 10.0. The highest BCUT2D eigenvalue weighted by Gasteiger charge is 2.21. The third kappa shape index (κ3) is 3.05. The van der Waals surface area contributed by atoms with Gasteiger partial charge in [-0.25, -0.2) is 8.78 Å². The number of aliphatic hydroxyl groups excluding tert-OH is 2. The molecule has 1 aromatic carbocycles. The summed E-state index contributed by atoms with van der Waals surface area (Å²) in [6, 6.07) is 8.42. The van der Waals surface area contributed by atoms with Crippen LogP contribution in [0.2, 0.25) is 0 Å². The van der Waals surface area contributed by atoms with E-state index in [0.29, 0.717) is 5.56 Å². The number of rotatable bonds is 4. The molecule has 0 saturated carbocycles. The Morgan fingerprint density at radius 2 is 1.64 bits per heavy atom. The lowest BCUT2D eigenvalue weighted by Crippen LogP contribution is -2.20. The fourth-order valence-electron chi connectivity index (χ4n) is 1.14. The SMILES string of the molecule is OC(CC(O)C(F)F)c1ccccc1. The molecule has 0 bridgehead atoms. The number of hydrogen-bond donors (Lipinski definition) is 2. The topological polar surface area (TPSA) is 40.5 Å². The van der Waals surface area contributed by atoms with E-state index in [1.165, 1.54) is 0 Å². The summed E-state index contributed by atoms with van der Waals surface area (Å²) in [5, 5.41) is 18.3. The van der Waals surface area contributed by atoms with Crippen molar-refractivity contribution in [3.63, 3.8) is 0 Å². The normalized spacial score (nSPS) is 15.5. The number of aliphatic hydroxyl groups is 2. The van der Waals surface area contributed by atoms with Gasteiger partial charge in [-0.3, -0.25) is 0 Å². The van der Waals surface area contributed by atoms with Gasteiger partial charge in [0.05, 0.1) is 6.10 Å². The van der Waals surface area contributed by atoms with Crippen molar-refractivity contribution in [1.82, 2.24) is 0 Å². The maximum Gasteiger partial charge on any atom is 0.264 e. The molecule has 2 unspecified atom stereocenters. The maximum absolute atomic E-state index is 11.9. The van der Waals surface area contributed by atoms with Crippen molar-refractivity contribution >= 4 is 0 Å². The Kier molecular flexibility index (Phi) is 3.98. The summed E-state index contributed by atoms with van der Waals surface area (Å²) in [4.78, 5) is 0. The summed E-state index contributed by atoms with van der Waals surface area (Å²) in [6.07, 6.45) is -5.97. The molecule has 2 N–H and O–H groups in total. The van der Waals surface area contributed by atoms with Gasteiger partial charge in [0.15, 0.2) is 0 Å². The van der Waals surface area contributed by atoms with Crippen LogP contribution >= 0.6 is 0 Å². The molecular formula is C10H12F2O2. The minimum atomic E-state index is -2.81. The van der Waals surface area contributed by atoms with Crippen molar-refractivity contribution < 1.29 is 19.0 Å². The van der Waals surface area contributed by atoms with Gasteiger partial charge in [-0.1, -0.05) is 30.3 Å². The fourth-order valence-corrected chi connectivity index (χ4v) is 1.14. The summed E-state index contributed by atoms with van der Waals surface area (Å²) in [7, 11) is 0. The molecule has 4 heteroatoms. The predicted octanol–water partition coefficient (Wildman–Crippen LogP) is 1.74. The molecule has 78 valence electrons. The van der Waals surface area contributed by atoms with E-state index in [4.69, 9.17) is 5.11 Å². The zero-order valence-electron chi connectivity index (χ0n) is 7.48. The van der Waals surface area contributed by atoms with E-state index in [0.717, 1.165) is 0 Å². The van der Waals surface area contributed by atoms with Crippen molar-refractivity contribution in [2.75, 3.05) is 0 Å². The molecule has 0 aliphatic carbocycles. The number of alkyl halides is 2. The molecule has 0 aliphatic heterocycles. The Balaban J connectivity index is 2.55. The standard InChI is InChI=1S/C10H12F2O2/c11-10(12)9(14)6-8(13)7-4-2-1-3-5-7/h1-5,8-10,13-14H,6H2. The number of hydrogen-bond acceptors (Lipinski definition) is 2. The molecule has 0 heterocycles. The molecule has 1 aromatic rings. The largest absolute Gasteiger partial charge is 0.388 e. The Morgan fingerprint density at radius 3 is 2.14 bits per heavy atom. The van der Waals surface area contributed by atoms with Gasteiger partial charge in [0.2, 0.25) is 0 Å². The predicted molar refractivity (Wildman–Crippen MR) is 48.0 cm³/mol. The van der Waals surface area contributed by atoms with Gasteiger partial charge in [-0.15, -0.1) is 0 Å². The summed E-state index contributed by atoms with van der Waals surface area (Å²) in [6.45, 7) is 0. The van der Waals surface area contributed by atoms with Crippen molar-refractivity contribution in [2.24, 2.45) is 0 Å². The van der Waals surface area contributed by atoms with Gasteiger partial charge in [-0.05, 0) is 5.56 Å². The van der Waals surface area contributed by atoms with Crippen LogP contribution in [0.1, 0.15) is 18.1 Å². The van der Waals surface area contributed by atoms with E-state index in [9.17, 15) is 13.9 Å². The molecule has 0 fully saturated rings. The van der Waals surface area contributed by atoms with E-state index in [2.05, 4.69) is 0 Å². The Hall–Kier alpha value is -1.00. The summed E-state index contributed by atoms with van der Waals surface area (Å²) < 4.78 is 23.9. The minimum Gasteiger partial charge on any atom is -0.388 e. The maximum atomic E-state index is 11.9. The third-order valence-electron chi connectivity index (χ3n) is 1.94. The molecule has 0 aromatic heterocycles. The van der Waals surface area contributed by atoms with Gasteiger partial charge in [-0.2, -0.15) is 0 Å². The minimum absolute atomic E-state index is 0.346. The van der Waals surface area contributed by atoms with Crippen LogP contribution in [-0.4, -0.2) is 22.7 Å². The van der Waals surface area contributed by atoms with Crippen LogP contribution < -0.4 is 0 Å². The lowest BCUT2D eigenvalue weighted by molar-refractivity contribution is -0.0320. The van der Waals surface area contributed by atoms with E-state index < -0.39 is 18.6 Å². The first-order valence-corrected chi connectivity index (χ1v) is 4.30. The summed E-state index contributed by atoms with van der Waals surface area (Å²) >= 11 is 0. The second kappa shape index (κ2) is 5.02. The van der Waals surface area contributed by atoms with Crippen LogP contribution in [0.5, 0.6) is 0 Å². The van der Waals surface area contributed by atoms with Crippen LogP contribution in [0, 0.1) is 0 Å². The lowest BCUT2D eigenvalue weighted by Gasteiger charge is -2.14. The van der Waals surface area contributed by atoms with Crippen LogP contribution in [-0.2, 0) is 0 Å².